The number of aromatic carboxylic acids is 1. The summed E-state index contributed by atoms with van der Waals surface area (Å²) in [6.07, 6.45) is 2.50. The highest BCUT2D eigenvalue weighted by Gasteiger charge is 2.09. The molecule has 0 aliphatic heterocycles. The summed E-state index contributed by atoms with van der Waals surface area (Å²) in [5, 5.41) is 11.1. The van der Waals surface area contributed by atoms with Crippen LogP contribution in [-0.4, -0.2) is 28.6 Å². The first-order chi connectivity index (χ1) is 7.04. The molecule has 0 aliphatic carbocycles. The number of pyridine rings is 1. The van der Waals surface area contributed by atoms with Crippen LogP contribution in [0.4, 0.5) is 0 Å². The van der Waals surface area contributed by atoms with Gasteiger partial charge in [0.25, 0.3) is 0 Å². The van der Waals surface area contributed by atoms with Gasteiger partial charge in [0, 0.05) is 25.5 Å². The second-order valence-corrected chi connectivity index (χ2v) is 2.87. The molecule has 1 heterocycles. The summed E-state index contributed by atoms with van der Waals surface area (Å²) >= 11 is 0. The first-order valence-electron chi connectivity index (χ1n) is 4.18. The van der Waals surface area contributed by atoms with Crippen LogP contribution in [0.5, 0.6) is 0 Å². The molecule has 1 aromatic heterocycles. The number of hydrogen-bond donors (Lipinski definition) is 2. The van der Waals surface area contributed by atoms with Gasteiger partial charge in [0.1, 0.15) is 12.1 Å². The van der Waals surface area contributed by atoms with Gasteiger partial charge < -0.3 is 15.0 Å². The van der Waals surface area contributed by atoms with Crippen molar-refractivity contribution in [2.45, 2.75) is 6.54 Å². The molecule has 0 spiro atoms. The highest BCUT2D eigenvalue weighted by molar-refractivity contribution is 5.87. The Morgan fingerprint density at radius 1 is 1.53 bits per heavy atom. The molecule has 15 heavy (non-hydrogen) atoms. The average molecular weight is 210 g/mol. The SMILES string of the molecule is CNC(=O)Cn1ccc(=O)c(C(=O)O)c1. The molecule has 6 heteroatoms. The molecular formula is C9H10N2O4. The largest absolute Gasteiger partial charge is 0.477 e. The Labute approximate surface area is 85.1 Å². The molecule has 6 nitrogen and oxygen atoms in total. The van der Waals surface area contributed by atoms with E-state index in [2.05, 4.69) is 5.32 Å². The minimum Gasteiger partial charge on any atom is -0.477 e. The Balaban J connectivity index is 3.03. The summed E-state index contributed by atoms with van der Waals surface area (Å²) < 4.78 is 1.34. The van der Waals surface area contributed by atoms with Crippen LogP contribution in [0, 0.1) is 0 Å². The predicted molar refractivity (Wildman–Crippen MR) is 51.7 cm³/mol. The van der Waals surface area contributed by atoms with Gasteiger partial charge >= 0.3 is 5.97 Å². The number of aromatic nitrogens is 1. The van der Waals surface area contributed by atoms with Gasteiger partial charge in [-0.05, 0) is 0 Å². The smallest absolute Gasteiger partial charge is 0.341 e. The monoisotopic (exact) mass is 210 g/mol. The van der Waals surface area contributed by atoms with E-state index in [9.17, 15) is 14.4 Å². The number of carbonyl (C=O) groups excluding carboxylic acids is 1. The molecule has 0 aromatic carbocycles. The zero-order valence-electron chi connectivity index (χ0n) is 8.06. The topological polar surface area (TPSA) is 88.4 Å². The van der Waals surface area contributed by atoms with Crippen molar-refractivity contribution < 1.29 is 14.7 Å². The molecule has 1 rings (SSSR count). The number of carboxylic acid groups (broad SMARTS) is 1. The Hall–Kier alpha value is -2.11. The van der Waals surface area contributed by atoms with Crippen LogP contribution in [-0.2, 0) is 11.3 Å². The fourth-order valence-electron chi connectivity index (χ4n) is 1.03. The van der Waals surface area contributed by atoms with Gasteiger partial charge in [-0.25, -0.2) is 4.79 Å². The van der Waals surface area contributed by atoms with E-state index in [1.165, 1.54) is 17.8 Å². The van der Waals surface area contributed by atoms with Gasteiger partial charge in [-0.2, -0.15) is 0 Å². The highest BCUT2D eigenvalue weighted by Crippen LogP contribution is 1.93. The lowest BCUT2D eigenvalue weighted by Gasteiger charge is -2.05. The van der Waals surface area contributed by atoms with Crippen LogP contribution >= 0.6 is 0 Å². The lowest BCUT2D eigenvalue weighted by atomic mass is 10.3. The van der Waals surface area contributed by atoms with Crippen molar-refractivity contribution in [3.05, 3.63) is 34.2 Å². The number of hydrogen-bond acceptors (Lipinski definition) is 3. The van der Waals surface area contributed by atoms with Crippen LogP contribution in [0.2, 0.25) is 0 Å². The highest BCUT2D eigenvalue weighted by atomic mass is 16.4. The van der Waals surface area contributed by atoms with Crippen molar-refractivity contribution in [1.29, 1.82) is 0 Å². The molecule has 1 amide bonds. The van der Waals surface area contributed by atoms with Gasteiger partial charge in [-0.1, -0.05) is 0 Å². The number of nitrogens with zero attached hydrogens (tertiary/aromatic N) is 1. The van der Waals surface area contributed by atoms with Gasteiger partial charge in [0.15, 0.2) is 5.43 Å². The van der Waals surface area contributed by atoms with E-state index in [4.69, 9.17) is 5.11 Å². The standard InChI is InChI=1S/C9H10N2O4/c1-10-8(13)5-11-3-2-7(12)6(4-11)9(14)15/h2-4H,5H2,1H3,(H,10,13)(H,14,15). The summed E-state index contributed by atoms with van der Waals surface area (Å²) in [6.45, 7) is -0.0168. The molecule has 2 N–H and O–H groups in total. The number of amides is 1. The van der Waals surface area contributed by atoms with Crippen LogP contribution < -0.4 is 10.7 Å². The van der Waals surface area contributed by atoms with E-state index in [-0.39, 0.29) is 18.0 Å². The molecule has 80 valence electrons. The minimum atomic E-state index is -1.30. The molecule has 0 atom stereocenters. The first-order valence-corrected chi connectivity index (χ1v) is 4.18. The van der Waals surface area contributed by atoms with E-state index in [1.807, 2.05) is 0 Å². The van der Waals surface area contributed by atoms with Crippen LogP contribution in [0.15, 0.2) is 23.3 Å². The first kappa shape index (κ1) is 11.0. The Kier molecular flexibility index (Phi) is 3.22. The fourth-order valence-corrected chi connectivity index (χ4v) is 1.03. The maximum Gasteiger partial charge on any atom is 0.341 e. The number of carboxylic acids is 1. The van der Waals surface area contributed by atoms with Crippen molar-refractivity contribution >= 4 is 11.9 Å². The molecule has 0 bridgehead atoms. The summed E-state index contributed by atoms with van der Waals surface area (Å²) in [4.78, 5) is 32.7. The number of rotatable bonds is 3. The normalized spacial score (nSPS) is 9.67. The van der Waals surface area contributed by atoms with E-state index in [0.29, 0.717) is 0 Å². The molecule has 1 aromatic rings. The third kappa shape index (κ3) is 2.67. The van der Waals surface area contributed by atoms with Crippen molar-refractivity contribution in [3.8, 4) is 0 Å². The lowest BCUT2D eigenvalue weighted by molar-refractivity contribution is -0.121. The van der Waals surface area contributed by atoms with E-state index in [1.54, 1.807) is 0 Å². The van der Waals surface area contributed by atoms with Gasteiger partial charge in [-0.3, -0.25) is 9.59 Å². The van der Waals surface area contributed by atoms with Crippen molar-refractivity contribution in [2.24, 2.45) is 0 Å². The quantitative estimate of drug-likeness (QED) is 0.690. The second kappa shape index (κ2) is 4.41. The van der Waals surface area contributed by atoms with Gasteiger partial charge in [0.2, 0.25) is 5.91 Å². The lowest BCUT2D eigenvalue weighted by Crippen LogP contribution is -2.25. The summed E-state index contributed by atoms with van der Waals surface area (Å²) in [6, 6.07) is 1.12. The fraction of sp³-hybridized carbons (Fsp3) is 0.222. The van der Waals surface area contributed by atoms with Crippen LogP contribution in [0.3, 0.4) is 0 Å². The second-order valence-electron chi connectivity index (χ2n) is 2.87. The van der Waals surface area contributed by atoms with Crippen molar-refractivity contribution in [3.63, 3.8) is 0 Å². The number of likely N-dealkylation sites (N-methyl/N-ethyl adjacent to an activating group) is 1. The zero-order valence-corrected chi connectivity index (χ0v) is 8.06. The molecule has 0 saturated carbocycles. The molecule has 0 fully saturated rings. The summed E-state index contributed by atoms with van der Waals surface area (Å²) in [7, 11) is 1.48. The summed E-state index contributed by atoms with van der Waals surface area (Å²) in [5.74, 6) is -1.57. The number of carbonyl (C=O) groups is 2. The van der Waals surface area contributed by atoms with Gasteiger partial charge in [-0.15, -0.1) is 0 Å². The Morgan fingerprint density at radius 2 is 2.20 bits per heavy atom. The van der Waals surface area contributed by atoms with Crippen molar-refractivity contribution in [2.75, 3.05) is 7.05 Å². The molecule has 0 radical (unpaired) electrons. The molecule has 0 saturated heterocycles. The number of nitrogens with one attached hydrogen (secondary N) is 1. The van der Waals surface area contributed by atoms with Crippen molar-refractivity contribution in [1.82, 2.24) is 9.88 Å². The average Bonchev–Trinajstić information content (AvgIpc) is 2.20. The van der Waals surface area contributed by atoms with Crippen LogP contribution in [0.1, 0.15) is 10.4 Å². The Bertz CT molecular complexity index is 450. The maximum absolute atomic E-state index is 11.1. The minimum absolute atomic E-state index is 0.0168. The van der Waals surface area contributed by atoms with E-state index < -0.39 is 11.4 Å². The zero-order chi connectivity index (χ0) is 11.4. The maximum atomic E-state index is 11.1. The molecule has 0 unspecified atom stereocenters. The summed E-state index contributed by atoms with van der Waals surface area (Å²) in [5.41, 5.74) is -0.919. The van der Waals surface area contributed by atoms with E-state index >= 15 is 0 Å². The molecular weight excluding hydrogens is 200 g/mol. The molecule has 0 aliphatic rings. The third-order valence-corrected chi connectivity index (χ3v) is 1.81. The van der Waals surface area contributed by atoms with E-state index in [0.717, 1.165) is 12.3 Å². The third-order valence-electron chi connectivity index (χ3n) is 1.81. The Morgan fingerprint density at radius 3 is 2.73 bits per heavy atom. The predicted octanol–water partition coefficient (Wildman–Crippen LogP) is -0.708. The van der Waals surface area contributed by atoms with Gasteiger partial charge in [0.05, 0.1) is 0 Å². The van der Waals surface area contributed by atoms with Crippen LogP contribution in [0.25, 0.3) is 0 Å².